The highest BCUT2D eigenvalue weighted by molar-refractivity contribution is 9.11. The van der Waals surface area contributed by atoms with E-state index in [0.717, 1.165) is 14.2 Å². The summed E-state index contributed by atoms with van der Waals surface area (Å²) >= 11 is 14.5. The van der Waals surface area contributed by atoms with Gasteiger partial charge in [0.2, 0.25) is 0 Å². The van der Waals surface area contributed by atoms with Gasteiger partial charge >= 0.3 is 0 Å². The molecule has 0 fully saturated rings. The lowest BCUT2D eigenvalue weighted by molar-refractivity contribution is 0.602. The van der Waals surface area contributed by atoms with Crippen molar-refractivity contribution in [1.82, 2.24) is 0 Å². The fourth-order valence-corrected chi connectivity index (χ4v) is 4.68. The first-order valence-corrected chi connectivity index (χ1v) is 9.97. The van der Waals surface area contributed by atoms with Crippen LogP contribution in [-0.2, 0) is 9.84 Å². The van der Waals surface area contributed by atoms with Crippen molar-refractivity contribution in [2.24, 2.45) is 0 Å². The molecule has 7 heteroatoms. The van der Waals surface area contributed by atoms with E-state index in [1.165, 1.54) is 17.6 Å². The zero-order valence-corrected chi connectivity index (χ0v) is 15.3. The molecule has 0 saturated carbocycles. The van der Waals surface area contributed by atoms with Crippen molar-refractivity contribution in [2.45, 2.75) is 9.72 Å². The lowest BCUT2D eigenvalue weighted by Crippen LogP contribution is -1.99. The van der Waals surface area contributed by atoms with Crippen LogP contribution in [0.4, 0.5) is 0 Å². The molecule has 1 aromatic heterocycles. The predicted octanol–water partition coefficient (Wildman–Crippen LogP) is 5.05. The van der Waals surface area contributed by atoms with Gasteiger partial charge in [-0.05, 0) is 39.7 Å². The SMILES string of the molecule is CS(=O)(=O)c1cccc(C(Br)c2cc(Cl)c(Br)s2)c1. The van der Waals surface area contributed by atoms with E-state index in [4.69, 9.17) is 11.6 Å². The largest absolute Gasteiger partial charge is 0.224 e. The first-order chi connectivity index (χ1) is 8.79. The maximum atomic E-state index is 11.6. The smallest absolute Gasteiger partial charge is 0.175 e. The first-order valence-electron chi connectivity index (χ1n) is 5.18. The molecule has 2 aromatic rings. The van der Waals surface area contributed by atoms with E-state index in [0.29, 0.717) is 9.92 Å². The van der Waals surface area contributed by atoms with Crippen molar-refractivity contribution >= 4 is 64.6 Å². The minimum absolute atomic E-state index is 0.0806. The van der Waals surface area contributed by atoms with Crippen molar-refractivity contribution in [3.8, 4) is 0 Å². The molecule has 1 unspecified atom stereocenters. The van der Waals surface area contributed by atoms with Crippen LogP contribution < -0.4 is 0 Å². The molecule has 0 aliphatic rings. The lowest BCUT2D eigenvalue weighted by Gasteiger charge is -2.09. The van der Waals surface area contributed by atoms with Gasteiger partial charge in [0.05, 0.1) is 18.5 Å². The van der Waals surface area contributed by atoms with Crippen LogP contribution in [0.5, 0.6) is 0 Å². The molecule has 0 spiro atoms. The molecule has 0 aliphatic heterocycles. The van der Waals surface area contributed by atoms with E-state index in [2.05, 4.69) is 31.9 Å². The number of sulfone groups is 1. The molecule has 1 heterocycles. The molecule has 0 saturated heterocycles. The number of alkyl halides is 1. The Bertz CT molecular complexity index is 691. The lowest BCUT2D eigenvalue weighted by atomic mass is 10.1. The van der Waals surface area contributed by atoms with Crippen LogP contribution >= 0.6 is 54.8 Å². The third-order valence-corrected chi connectivity index (χ3v) is 7.47. The molecule has 102 valence electrons. The van der Waals surface area contributed by atoms with Crippen molar-refractivity contribution < 1.29 is 8.42 Å². The van der Waals surface area contributed by atoms with Crippen LogP contribution in [-0.4, -0.2) is 14.7 Å². The summed E-state index contributed by atoms with van der Waals surface area (Å²) in [7, 11) is -3.20. The average molecular weight is 445 g/mol. The van der Waals surface area contributed by atoms with Gasteiger partial charge in [0, 0.05) is 11.1 Å². The summed E-state index contributed by atoms with van der Waals surface area (Å²) in [4.78, 5) is 1.25. The Morgan fingerprint density at radius 2 is 2.00 bits per heavy atom. The van der Waals surface area contributed by atoms with E-state index in [1.54, 1.807) is 18.2 Å². The van der Waals surface area contributed by atoms with Crippen molar-refractivity contribution in [3.63, 3.8) is 0 Å². The van der Waals surface area contributed by atoms with E-state index in [-0.39, 0.29) is 4.83 Å². The highest BCUT2D eigenvalue weighted by atomic mass is 79.9. The summed E-state index contributed by atoms with van der Waals surface area (Å²) in [6.45, 7) is 0. The van der Waals surface area contributed by atoms with Gasteiger partial charge in [0.15, 0.2) is 9.84 Å². The standard InChI is InChI=1S/C12H9Br2ClO2S2/c1-19(16,17)8-4-2-3-7(5-8)11(13)10-6-9(15)12(14)18-10/h2-6,11H,1H3. The van der Waals surface area contributed by atoms with Gasteiger partial charge in [0.25, 0.3) is 0 Å². The number of hydrogen-bond acceptors (Lipinski definition) is 3. The van der Waals surface area contributed by atoms with Crippen molar-refractivity contribution in [3.05, 3.63) is 49.6 Å². The molecule has 19 heavy (non-hydrogen) atoms. The number of rotatable bonds is 3. The van der Waals surface area contributed by atoms with Gasteiger partial charge in [-0.3, -0.25) is 0 Å². The highest BCUT2D eigenvalue weighted by Gasteiger charge is 2.17. The number of hydrogen-bond donors (Lipinski definition) is 0. The quantitative estimate of drug-likeness (QED) is 0.621. The first kappa shape index (κ1) is 15.5. The molecule has 0 amide bonds. The molecule has 1 atom stereocenters. The molecule has 0 N–H and O–H groups in total. The monoisotopic (exact) mass is 442 g/mol. The Labute approximate surface area is 138 Å². The average Bonchev–Trinajstić information content (AvgIpc) is 2.68. The Morgan fingerprint density at radius 3 is 2.53 bits per heavy atom. The van der Waals surface area contributed by atoms with Crippen molar-refractivity contribution in [1.29, 1.82) is 0 Å². The summed E-state index contributed by atoms with van der Waals surface area (Å²) in [5.41, 5.74) is 0.883. The summed E-state index contributed by atoms with van der Waals surface area (Å²) < 4.78 is 24.0. The van der Waals surface area contributed by atoms with Crippen LogP contribution in [0.2, 0.25) is 5.02 Å². The van der Waals surface area contributed by atoms with E-state index >= 15 is 0 Å². The zero-order chi connectivity index (χ0) is 14.2. The Kier molecular flexibility index (Phi) is 4.78. The van der Waals surface area contributed by atoms with Crippen LogP contribution in [0.15, 0.2) is 39.0 Å². The maximum absolute atomic E-state index is 11.6. The molecule has 1 aromatic carbocycles. The summed E-state index contributed by atoms with van der Waals surface area (Å²) in [6, 6.07) is 8.76. The van der Waals surface area contributed by atoms with Gasteiger partial charge in [0.1, 0.15) is 0 Å². The maximum Gasteiger partial charge on any atom is 0.175 e. The molecule has 2 nitrogen and oxygen atoms in total. The minimum Gasteiger partial charge on any atom is -0.224 e. The highest BCUT2D eigenvalue weighted by Crippen LogP contribution is 2.41. The predicted molar refractivity (Wildman–Crippen MR) is 87.4 cm³/mol. The van der Waals surface area contributed by atoms with Crippen molar-refractivity contribution in [2.75, 3.05) is 6.26 Å². The summed E-state index contributed by atoms with van der Waals surface area (Å²) in [6.07, 6.45) is 1.20. The Balaban J connectivity index is 2.42. The topological polar surface area (TPSA) is 34.1 Å². The van der Waals surface area contributed by atoms with Gasteiger partial charge in [-0.1, -0.05) is 39.7 Å². The zero-order valence-electron chi connectivity index (χ0n) is 9.73. The second-order valence-electron chi connectivity index (χ2n) is 3.98. The Morgan fingerprint density at radius 1 is 1.32 bits per heavy atom. The molecular weight excluding hydrogens is 436 g/mol. The molecular formula is C12H9Br2ClO2S2. The van der Waals surface area contributed by atoms with E-state index in [1.807, 2.05) is 12.1 Å². The van der Waals surface area contributed by atoms with Gasteiger partial charge in [-0.15, -0.1) is 11.3 Å². The van der Waals surface area contributed by atoms with Gasteiger partial charge < -0.3 is 0 Å². The van der Waals surface area contributed by atoms with Crippen LogP contribution in [0.25, 0.3) is 0 Å². The van der Waals surface area contributed by atoms with Gasteiger partial charge in [-0.25, -0.2) is 8.42 Å². The summed E-state index contributed by atoms with van der Waals surface area (Å²) in [5.74, 6) is 0. The molecule has 0 radical (unpaired) electrons. The molecule has 2 rings (SSSR count). The summed E-state index contributed by atoms with van der Waals surface area (Å²) in [5, 5.41) is 0.656. The third kappa shape index (κ3) is 3.61. The second kappa shape index (κ2) is 5.85. The fraction of sp³-hybridized carbons (Fsp3) is 0.167. The van der Waals surface area contributed by atoms with E-state index in [9.17, 15) is 8.42 Å². The molecule has 0 bridgehead atoms. The fourth-order valence-electron chi connectivity index (χ4n) is 1.56. The number of benzene rings is 1. The molecule has 0 aliphatic carbocycles. The van der Waals surface area contributed by atoms with E-state index < -0.39 is 9.84 Å². The second-order valence-corrected chi connectivity index (χ2v) is 9.72. The minimum atomic E-state index is -3.20. The van der Waals surface area contributed by atoms with Crippen LogP contribution in [0, 0.1) is 0 Å². The van der Waals surface area contributed by atoms with Crippen LogP contribution in [0.1, 0.15) is 15.3 Å². The number of halogens is 3. The number of thiophene rings is 1. The normalized spacial score (nSPS) is 13.5. The van der Waals surface area contributed by atoms with Crippen LogP contribution in [0.3, 0.4) is 0 Å². The Hall–Kier alpha value is 0.120. The third-order valence-electron chi connectivity index (χ3n) is 2.49. The van der Waals surface area contributed by atoms with Gasteiger partial charge in [-0.2, -0.15) is 0 Å².